The largest absolute Gasteiger partial charge is 0.472 e. The summed E-state index contributed by atoms with van der Waals surface area (Å²) < 4.78 is 21.9. The maximum atomic E-state index is 12.6. The molecule has 0 aromatic rings. The van der Waals surface area contributed by atoms with Gasteiger partial charge in [-0.05, 0) is 25.7 Å². The summed E-state index contributed by atoms with van der Waals surface area (Å²) in [6, 6.07) is -0.922. The van der Waals surface area contributed by atoms with Crippen LogP contribution < -0.4 is 11.1 Å². The number of phosphoric ester groups is 1. The molecule has 10 heteroatoms. The predicted octanol–water partition coefficient (Wildman–Crippen LogP) is 6.85. The third-order valence-corrected chi connectivity index (χ3v) is 8.10. The molecule has 248 valence electrons. The fraction of sp³-hybridized carbons (Fsp3) is 0.844. The van der Waals surface area contributed by atoms with E-state index in [1.807, 2.05) is 6.08 Å². The number of hydrogen-bond donors (Lipinski definition) is 5. The number of aliphatic hydroxyl groups is 2. The molecule has 0 aliphatic heterocycles. The van der Waals surface area contributed by atoms with E-state index in [-0.39, 0.29) is 19.6 Å². The molecule has 4 unspecified atom stereocenters. The highest BCUT2D eigenvalue weighted by molar-refractivity contribution is 7.47. The Morgan fingerprint density at radius 1 is 0.833 bits per heavy atom. The van der Waals surface area contributed by atoms with Gasteiger partial charge in [-0.3, -0.25) is 13.8 Å². The fourth-order valence-corrected chi connectivity index (χ4v) is 5.35. The summed E-state index contributed by atoms with van der Waals surface area (Å²) in [5.41, 5.74) is 5.32. The minimum Gasteiger partial charge on any atom is -0.391 e. The van der Waals surface area contributed by atoms with E-state index in [1.54, 1.807) is 6.08 Å². The van der Waals surface area contributed by atoms with E-state index >= 15 is 0 Å². The van der Waals surface area contributed by atoms with Crippen molar-refractivity contribution in [2.45, 2.75) is 154 Å². The molecule has 0 aromatic heterocycles. The molecule has 0 spiro atoms. The predicted molar refractivity (Wildman–Crippen MR) is 172 cm³/mol. The standard InChI is InChI=1S/C32H63N2O7P/c1-3-5-7-9-11-13-14-16-17-19-21-23-29(35)27-32(37)34-30(28-41-42(38,39)40-26-25-33)31(36)24-22-20-18-15-12-10-8-6-4-2/h16-17,21,23,29-31,35-36H,3-15,18-20,22,24-28,33H2,1-2H3,(H,34,37)(H,38,39)/b17-16-,23-21-. The van der Waals surface area contributed by atoms with E-state index in [1.165, 1.54) is 70.6 Å². The first-order valence-corrected chi connectivity index (χ1v) is 18.0. The lowest BCUT2D eigenvalue weighted by Crippen LogP contribution is -2.47. The van der Waals surface area contributed by atoms with Gasteiger partial charge in [0.05, 0.1) is 37.9 Å². The van der Waals surface area contributed by atoms with Crippen LogP contribution in [0.15, 0.2) is 24.3 Å². The zero-order chi connectivity index (χ0) is 31.3. The van der Waals surface area contributed by atoms with E-state index in [9.17, 15) is 24.5 Å². The van der Waals surface area contributed by atoms with E-state index in [4.69, 9.17) is 14.8 Å². The lowest BCUT2D eigenvalue weighted by molar-refractivity contribution is -0.124. The maximum absolute atomic E-state index is 12.6. The van der Waals surface area contributed by atoms with Crippen LogP contribution in [0.1, 0.15) is 136 Å². The highest BCUT2D eigenvalue weighted by atomic mass is 31.2. The van der Waals surface area contributed by atoms with Gasteiger partial charge in [0.1, 0.15) is 0 Å². The van der Waals surface area contributed by atoms with Gasteiger partial charge in [0.2, 0.25) is 5.91 Å². The van der Waals surface area contributed by atoms with Crippen molar-refractivity contribution >= 4 is 13.7 Å². The first kappa shape index (κ1) is 40.9. The smallest absolute Gasteiger partial charge is 0.391 e. The molecule has 0 heterocycles. The van der Waals surface area contributed by atoms with E-state index in [0.717, 1.165) is 32.1 Å². The Balaban J connectivity index is 4.59. The van der Waals surface area contributed by atoms with Crippen LogP contribution in [0.2, 0.25) is 0 Å². The Kier molecular flexibility index (Phi) is 28.0. The number of nitrogens with one attached hydrogen (secondary N) is 1. The monoisotopic (exact) mass is 618 g/mol. The maximum Gasteiger partial charge on any atom is 0.472 e. The summed E-state index contributed by atoms with van der Waals surface area (Å²) in [4.78, 5) is 22.5. The number of carbonyl (C=O) groups is 1. The van der Waals surface area contributed by atoms with Crippen LogP contribution in [-0.4, -0.2) is 59.0 Å². The van der Waals surface area contributed by atoms with Gasteiger partial charge in [0, 0.05) is 6.54 Å². The molecule has 0 fully saturated rings. The van der Waals surface area contributed by atoms with Crippen molar-refractivity contribution < 1.29 is 33.5 Å². The number of phosphoric acid groups is 1. The van der Waals surface area contributed by atoms with Gasteiger partial charge in [-0.1, -0.05) is 128 Å². The summed E-state index contributed by atoms with van der Waals surface area (Å²) in [5.74, 6) is -0.485. The molecule has 0 aromatic carbocycles. The average molecular weight is 619 g/mol. The van der Waals surface area contributed by atoms with Crippen LogP contribution in [0.5, 0.6) is 0 Å². The zero-order valence-electron chi connectivity index (χ0n) is 26.6. The number of rotatable bonds is 30. The van der Waals surface area contributed by atoms with Gasteiger partial charge in [0.15, 0.2) is 0 Å². The van der Waals surface area contributed by atoms with Gasteiger partial charge in [-0.25, -0.2) is 4.57 Å². The third kappa shape index (κ3) is 26.6. The number of nitrogens with two attached hydrogens (primary N) is 1. The van der Waals surface area contributed by atoms with Crippen LogP contribution in [0, 0.1) is 0 Å². The number of unbranched alkanes of at least 4 members (excludes halogenated alkanes) is 14. The van der Waals surface area contributed by atoms with Crippen LogP contribution >= 0.6 is 7.82 Å². The molecule has 1 amide bonds. The molecule has 0 saturated heterocycles. The highest BCUT2D eigenvalue weighted by Crippen LogP contribution is 2.43. The number of amides is 1. The first-order valence-electron chi connectivity index (χ1n) is 16.5. The van der Waals surface area contributed by atoms with Crippen LogP contribution in [0.4, 0.5) is 0 Å². The highest BCUT2D eigenvalue weighted by Gasteiger charge is 2.28. The van der Waals surface area contributed by atoms with E-state index in [0.29, 0.717) is 12.8 Å². The van der Waals surface area contributed by atoms with Crippen LogP contribution in [0.3, 0.4) is 0 Å². The Morgan fingerprint density at radius 2 is 1.40 bits per heavy atom. The van der Waals surface area contributed by atoms with Crippen molar-refractivity contribution in [1.82, 2.24) is 5.32 Å². The van der Waals surface area contributed by atoms with Crippen LogP contribution in [-0.2, 0) is 18.4 Å². The van der Waals surface area contributed by atoms with E-state index in [2.05, 4.69) is 31.3 Å². The molecule has 0 radical (unpaired) electrons. The van der Waals surface area contributed by atoms with Crippen molar-refractivity contribution in [3.8, 4) is 0 Å². The normalized spacial score (nSPS) is 15.7. The molecule has 6 N–H and O–H groups in total. The number of aliphatic hydroxyl groups excluding tert-OH is 2. The summed E-state index contributed by atoms with van der Waals surface area (Å²) >= 11 is 0. The van der Waals surface area contributed by atoms with Gasteiger partial charge < -0.3 is 26.2 Å². The molecular formula is C32H63N2O7P. The quantitative estimate of drug-likeness (QED) is 0.0333. The van der Waals surface area contributed by atoms with Gasteiger partial charge >= 0.3 is 7.82 Å². The molecule has 9 nitrogen and oxygen atoms in total. The van der Waals surface area contributed by atoms with Crippen LogP contribution in [0.25, 0.3) is 0 Å². The summed E-state index contributed by atoms with van der Waals surface area (Å²) in [5, 5.41) is 23.7. The van der Waals surface area contributed by atoms with Gasteiger partial charge in [-0.2, -0.15) is 0 Å². The summed E-state index contributed by atoms with van der Waals surface area (Å²) in [7, 11) is -4.37. The summed E-state index contributed by atoms with van der Waals surface area (Å²) in [6.07, 6.45) is 25.5. The number of hydrogen-bond acceptors (Lipinski definition) is 7. The lowest BCUT2D eigenvalue weighted by Gasteiger charge is -2.25. The third-order valence-electron chi connectivity index (χ3n) is 7.12. The minimum atomic E-state index is -4.37. The van der Waals surface area contributed by atoms with Crippen molar-refractivity contribution in [2.24, 2.45) is 5.73 Å². The number of carbonyl (C=O) groups excluding carboxylic acids is 1. The van der Waals surface area contributed by atoms with Gasteiger partial charge in [-0.15, -0.1) is 0 Å². The van der Waals surface area contributed by atoms with Crippen molar-refractivity contribution in [3.05, 3.63) is 24.3 Å². The number of allylic oxidation sites excluding steroid dienone is 3. The molecule has 0 rings (SSSR count). The van der Waals surface area contributed by atoms with Crippen molar-refractivity contribution in [3.63, 3.8) is 0 Å². The fourth-order valence-electron chi connectivity index (χ4n) is 4.59. The lowest BCUT2D eigenvalue weighted by atomic mass is 10.0. The Labute approximate surface area is 256 Å². The Bertz CT molecular complexity index is 736. The Hall–Kier alpha value is -1.06. The van der Waals surface area contributed by atoms with Gasteiger partial charge in [0.25, 0.3) is 0 Å². The molecule has 42 heavy (non-hydrogen) atoms. The zero-order valence-corrected chi connectivity index (χ0v) is 27.5. The SMILES string of the molecule is CCCCCCCC/C=C\C/C=C\C(O)CC(=O)NC(COP(=O)(O)OCCN)C(O)CCCCCCCCCCC. The molecule has 0 aliphatic rings. The molecular weight excluding hydrogens is 555 g/mol. The van der Waals surface area contributed by atoms with Crippen molar-refractivity contribution in [2.75, 3.05) is 19.8 Å². The minimum absolute atomic E-state index is 0.0512. The average Bonchev–Trinajstić information content (AvgIpc) is 2.96. The molecule has 0 aliphatic carbocycles. The molecule has 0 saturated carbocycles. The Morgan fingerprint density at radius 3 is 2.00 bits per heavy atom. The van der Waals surface area contributed by atoms with Crippen molar-refractivity contribution in [1.29, 1.82) is 0 Å². The van der Waals surface area contributed by atoms with E-state index < -0.39 is 38.6 Å². The second-order valence-corrected chi connectivity index (χ2v) is 12.7. The first-order chi connectivity index (χ1) is 20.3. The topological polar surface area (TPSA) is 151 Å². The molecule has 0 bridgehead atoms. The summed E-state index contributed by atoms with van der Waals surface area (Å²) in [6.45, 7) is 3.91. The molecule has 4 atom stereocenters. The second-order valence-electron chi connectivity index (χ2n) is 11.2. The second kappa shape index (κ2) is 28.7.